The smallest absolute Gasteiger partial charge is 0.277 e. The molecule has 0 saturated carbocycles. The number of amides is 1. The molecule has 1 amide bonds. The number of nitrogens with one attached hydrogen (secondary N) is 1. The highest BCUT2D eigenvalue weighted by atomic mass is 16.6. The zero-order valence-corrected chi connectivity index (χ0v) is 8.08. The number of fused-ring (bicyclic) bond motifs is 1. The van der Waals surface area contributed by atoms with Gasteiger partial charge in [0.2, 0.25) is 6.41 Å². The van der Waals surface area contributed by atoms with Crippen molar-refractivity contribution in [3.8, 4) is 0 Å². The molecule has 0 fully saturated rings. The van der Waals surface area contributed by atoms with E-state index < -0.39 is 4.92 Å². The Kier molecular flexibility index (Phi) is 2.47. The number of carbonyl (C=O) groups is 1. The van der Waals surface area contributed by atoms with E-state index >= 15 is 0 Å². The van der Waals surface area contributed by atoms with E-state index in [4.69, 9.17) is 0 Å². The molecule has 6 nitrogen and oxygen atoms in total. The van der Waals surface area contributed by atoms with Gasteiger partial charge in [-0.25, -0.2) is 0 Å². The Balaban J connectivity index is 2.76. The van der Waals surface area contributed by atoms with Crippen molar-refractivity contribution in [2.45, 2.75) is 0 Å². The van der Waals surface area contributed by atoms with Crippen molar-refractivity contribution in [2.24, 2.45) is 0 Å². The maximum Gasteiger partial charge on any atom is 0.277 e. The molecule has 0 aliphatic heterocycles. The first kappa shape index (κ1) is 10.0. The van der Waals surface area contributed by atoms with Crippen molar-refractivity contribution < 1.29 is 9.72 Å². The number of rotatable bonds is 3. The van der Waals surface area contributed by atoms with E-state index in [2.05, 4.69) is 10.3 Å². The summed E-state index contributed by atoms with van der Waals surface area (Å²) in [6, 6.07) is 4.38. The van der Waals surface area contributed by atoms with Gasteiger partial charge in [0, 0.05) is 23.8 Å². The van der Waals surface area contributed by atoms with Gasteiger partial charge in [-0.3, -0.25) is 19.9 Å². The first-order valence-corrected chi connectivity index (χ1v) is 4.45. The molecule has 0 radical (unpaired) electrons. The second kappa shape index (κ2) is 3.93. The maximum atomic E-state index is 10.8. The summed E-state index contributed by atoms with van der Waals surface area (Å²) in [6.07, 6.45) is 3.47. The number of carbonyl (C=O) groups excluding carboxylic acids is 1. The van der Waals surface area contributed by atoms with E-state index in [1.165, 1.54) is 24.5 Å². The zero-order chi connectivity index (χ0) is 11.5. The first-order chi connectivity index (χ1) is 7.74. The summed E-state index contributed by atoms with van der Waals surface area (Å²) in [5.74, 6) is 0. The van der Waals surface area contributed by atoms with Crippen LogP contribution in [0.3, 0.4) is 0 Å². The van der Waals surface area contributed by atoms with Crippen LogP contribution < -0.4 is 5.32 Å². The van der Waals surface area contributed by atoms with Crippen LogP contribution in [0.15, 0.2) is 30.6 Å². The van der Waals surface area contributed by atoms with Gasteiger partial charge in [-0.1, -0.05) is 0 Å². The molecule has 0 saturated heterocycles. The number of hydrogen-bond acceptors (Lipinski definition) is 4. The van der Waals surface area contributed by atoms with Crippen LogP contribution in [-0.2, 0) is 4.79 Å². The predicted molar refractivity (Wildman–Crippen MR) is 58.1 cm³/mol. The number of non-ortho nitro benzene ring substituents is 1. The maximum absolute atomic E-state index is 10.8. The van der Waals surface area contributed by atoms with Crippen LogP contribution in [-0.4, -0.2) is 16.3 Å². The first-order valence-electron chi connectivity index (χ1n) is 4.45. The molecule has 0 unspecified atom stereocenters. The van der Waals surface area contributed by atoms with Crippen LogP contribution in [0.25, 0.3) is 10.8 Å². The van der Waals surface area contributed by atoms with Crippen molar-refractivity contribution in [3.63, 3.8) is 0 Å². The van der Waals surface area contributed by atoms with E-state index in [9.17, 15) is 14.9 Å². The second-order valence-electron chi connectivity index (χ2n) is 3.07. The highest BCUT2D eigenvalue weighted by Crippen LogP contribution is 2.30. The molecule has 16 heavy (non-hydrogen) atoms. The van der Waals surface area contributed by atoms with Crippen LogP contribution in [0, 0.1) is 10.1 Å². The number of nitro benzene ring substituents is 1. The van der Waals surface area contributed by atoms with Gasteiger partial charge in [0.1, 0.15) is 0 Å². The molecule has 0 aliphatic rings. The molecular formula is C10H7N3O3. The highest BCUT2D eigenvalue weighted by Gasteiger charge is 2.13. The number of benzene rings is 1. The quantitative estimate of drug-likeness (QED) is 0.481. The number of aromatic nitrogens is 1. The number of nitro groups is 1. The average Bonchev–Trinajstić information content (AvgIpc) is 2.29. The normalized spacial score (nSPS) is 10.0. The van der Waals surface area contributed by atoms with Crippen LogP contribution >= 0.6 is 0 Å². The minimum Gasteiger partial charge on any atom is -0.328 e. The number of pyridine rings is 1. The van der Waals surface area contributed by atoms with Crippen molar-refractivity contribution >= 4 is 28.6 Å². The fourth-order valence-corrected chi connectivity index (χ4v) is 1.52. The van der Waals surface area contributed by atoms with Gasteiger partial charge in [0.15, 0.2) is 0 Å². The van der Waals surface area contributed by atoms with Gasteiger partial charge in [-0.2, -0.15) is 0 Å². The third-order valence-electron chi connectivity index (χ3n) is 2.21. The minimum atomic E-state index is -0.465. The van der Waals surface area contributed by atoms with E-state index in [0.717, 1.165) is 0 Å². The Hall–Kier alpha value is -2.50. The fourth-order valence-electron chi connectivity index (χ4n) is 1.52. The summed E-state index contributed by atoms with van der Waals surface area (Å²) >= 11 is 0. The van der Waals surface area contributed by atoms with Gasteiger partial charge in [-0.15, -0.1) is 0 Å². The number of nitrogens with zero attached hydrogens (tertiary/aromatic N) is 2. The molecule has 2 aromatic rings. The predicted octanol–water partition coefficient (Wildman–Crippen LogP) is 1.71. The molecule has 1 N–H and O–H groups in total. The molecule has 1 aromatic heterocycles. The van der Waals surface area contributed by atoms with Gasteiger partial charge in [0.05, 0.1) is 16.0 Å². The van der Waals surface area contributed by atoms with Gasteiger partial charge < -0.3 is 5.32 Å². The van der Waals surface area contributed by atoms with E-state index in [1.807, 2.05) is 0 Å². The summed E-state index contributed by atoms with van der Waals surface area (Å²) in [4.78, 5) is 24.6. The molecule has 0 aliphatic carbocycles. The monoisotopic (exact) mass is 217 g/mol. The fraction of sp³-hybridized carbons (Fsp3) is 0. The van der Waals surface area contributed by atoms with E-state index in [-0.39, 0.29) is 5.69 Å². The van der Waals surface area contributed by atoms with Crippen LogP contribution in [0.5, 0.6) is 0 Å². The minimum absolute atomic E-state index is 0.00570. The lowest BCUT2D eigenvalue weighted by molar-refractivity contribution is -0.383. The van der Waals surface area contributed by atoms with E-state index in [1.54, 1.807) is 6.07 Å². The molecule has 6 heteroatoms. The van der Waals surface area contributed by atoms with Crippen LogP contribution in [0.4, 0.5) is 11.4 Å². The largest absolute Gasteiger partial charge is 0.328 e. The summed E-state index contributed by atoms with van der Waals surface area (Å²) in [7, 11) is 0. The summed E-state index contributed by atoms with van der Waals surface area (Å²) in [5.41, 5.74) is 0.498. The van der Waals surface area contributed by atoms with Gasteiger partial charge in [0.25, 0.3) is 5.69 Å². The standard InChI is InChI=1S/C10H7N3O3/c14-6-12-9-1-2-10(13(15)16)7-3-4-11-5-8(7)9/h1-6H,(H,12,14). The SMILES string of the molecule is O=CNc1ccc([N+](=O)[O-])c2ccncc12. The molecular weight excluding hydrogens is 210 g/mol. The lowest BCUT2D eigenvalue weighted by Gasteiger charge is -2.04. The zero-order valence-electron chi connectivity index (χ0n) is 8.08. The Morgan fingerprint density at radius 1 is 1.31 bits per heavy atom. The Labute approximate surface area is 90.1 Å². The molecule has 1 heterocycles. The van der Waals surface area contributed by atoms with E-state index in [0.29, 0.717) is 22.9 Å². The topological polar surface area (TPSA) is 85.1 Å². The second-order valence-corrected chi connectivity index (χ2v) is 3.07. The Morgan fingerprint density at radius 3 is 2.81 bits per heavy atom. The van der Waals surface area contributed by atoms with Gasteiger partial charge >= 0.3 is 0 Å². The van der Waals surface area contributed by atoms with Crippen molar-refractivity contribution in [3.05, 3.63) is 40.7 Å². The molecule has 0 bridgehead atoms. The number of anilines is 1. The molecule has 2 rings (SSSR count). The summed E-state index contributed by atoms with van der Waals surface area (Å²) in [5, 5.41) is 14.2. The third-order valence-corrected chi connectivity index (χ3v) is 2.21. The Bertz CT molecular complexity index is 568. The lowest BCUT2D eigenvalue weighted by Crippen LogP contribution is -1.97. The van der Waals surface area contributed by atoms with Crippen molar-refractivity contribution in [2.75, 3.05) is 5.32 Å². The Morgan fingerprint density at radius 2 is 2.12 bits per heavy atom. The van der Waals surface area contributed by atoms with Gasteiger partial charge in [-0.05, 0) is 12.1 Å². The molecule has 0 spiro atoms. The molecule has 0 atom stereocenters. The van der Waals surface area contributed by atoms with Crippen molar-refractivity contribution in [1.82, 2.24) is 4.98 Å². The lowest BCUT2D eigenvalue weighted by atomic mass is 10.1. The third kappa shape index (κ3) is 1.56. The number of hydrogen-bond donors (Lipinski definition) is 1. The van der Waals surface area contributed by atoms with Crippen LogP contribution in [0.1, 0.15) is 0 Å². The molecule has 80 valence electrons. The average molecular weight is 217 g/mol. The highest BCUT2D eigenvalue weighted by molar-refractivity contribution is 6.01. The van der Waals surface area contributed by atoms with Crippen LogP contribution in [0.2, 0.25) is 0 Å². The summed E-state index contributed by atoms with van der Waals surface area (Å²) < 4.78 is 0. The molecule has 1 aromatic carbocycles. The van der Waals surface area contributed by atoms with Crippen molar-refractivity contribution in [1.29, 1.82) is 0 Å². The summed E-state index contributed by atoms with van der Waals surface area (Å²) in [6.45, 7) is 0.